The van der Waals surface area contributed by atoms with E-state index in [1.165, 1.54) is 12.8 Å². The van der Waals surface area contributed by atoms with Crippen molar-refractivity contribution in [2.24, 2.45) is 0 Å². The molecule has 0 unspecified atom stereocenters. The van der Waals surface area contributed by atoms with Gasteiger partial charge >= 0.3 is 6.03 Å². The largest absolute Gasteiger partial charge is 0.396 e. The molecule has 19 heavy (non-hydrogen) atoms. The van der Waals surface area contributed by atoms with Gasteiger partial charge in [-0.2, -0.15) is 0 Å². The van der Waals surface area contributed by atoms with Crippen molar-refractivity contribution in [3.05, 3.63) is 29.8 Å². The molecular weight excluding hydrogens is 240 g/mol. The zero-order valence-electron chi connectivity index (χ0n) is 11.2. The highest BCUT2D eigenvalue weighted by Gasteiger charge is 2.16. The third-order valence-corrected chi connectivity index (χ3v) is 3.50. The molecule has 4 heteroatoms. The monoisotopic (exact) mass is 262 g/mol. The summed E-state index contributed by atoms with van der Waals surface area (Å²) in [5, 5.41) is 14.7. The van der Waals surface area contributed by atoms with E-state index in [9.17, 15) is 4.79 Å². The normalized spacial score (nSPS) is 15.4. The number of aliphatic hydroxyl groups is 1. The number of carbonyl (C=O) groups is 1. The molecule has 0 spiro atoms. The Hall–Kier alpha value is -1.55. The summed E-state index contributed by atoms with van der Waals surface area (Å²) in [5.41, 5.74) is 1.94. The minimum absolute atomic E-state index is 0.119. The minimum Gasteiger partial charge on any atom is -0.396 e. The second-order valence-corrected chi connectivity index (χ2v) is 5.11. The first-order chi connectivity index (χ1) is 9.28. The van der Waals surface area contributed by atoms with E-state index in [0.717, 1.165) is 36.9 Å². The lowest BCUT2D eigenvalue weighted by Gasteiger charge is -2.13. The number of nitrogens with one attached hydrogen (secondary N) is 2. The fourth-order valence-corrected chi connectivity index (χ4v) is 2.51. The Kier molecular flexibility index (Phi) is 5.21. The predicted molar refractivity (Wildman–Crippen MR) is 76.3 cm³/mol. The zero-order chi connectivity index (χ0) is 13.5. The van der Waals surface area contributed by atoms with Gasteiger partial charge in [0.25, 0.3) is 0 Å². The fraction of sp³-hybridized carbons (Fsp3) is 0.533. The Morgan fingerprint density at radius 2 is 2.11 bits per heavy atom. The van der Waals surface area contributed by atoms with Crippen molar-refractivity contribution in [3.63, 3.8) is 0 Å². The summed E-state index contributed by atoms with van der Waals surface area (Å²) in [4.78, 5) is 11.8. The Labute approximate surface area is 114 Å². The number of anilines is 1. The number of carbonyl (C=O) groups excluding carboxylic acids is 1. The maximum absolute atomic E-state index is 11.8. The number of amides is 2. The van der Waals surface area contributed by atoms with Crippen molar-refractivity contribution >= 4 is 11.7 Å². The zero-order valence-corrected chi connectivity index (χ0v) is 11.2. The Balaban J connectivity index is 1.85. The van der Waals surface area contributed by atoms with Gasteiger partial charge in [-0.25, -0.2) is 4.79 Å². The van der Waals surface area contributed by atoms with Crippen LogP contribution in [0.1, 0.15) is 37.7 Å². The van der Waals surface area contributed by atoms with E-state index in [2.05, 4.69) is 10.6 Å². The number of aryl methyl sites for hydroxylation is 1. The molecule has 1 fully saturated rings. The Morgan fingerprint density at radius 1 is 1.32 bits per heavy atom. The first-order valence-electron chi connectivity index (χ1n) is 7.05. The molecule has 1 saturated carbocycles. The second-order valence-electron chi connectivity index (χ2n) is 5.11. The molecule has 4 nitrogen and oxygen atoms in total. The number of benzene rings is 1. The molecular formula is C15H22N2O2. The number of hydrogen-bond donors (Lipinski definition) is 3. The van der Waals surface area contributed by atoms with Crippen LogP contribution in [0.25, 0.3) is 0 Å². The first kappa shape index (κ1) is 13.9. The van der Waals surface area contributed by atoms with Crippen molar-refractivity contribution in [1.29, 1.82) is 0 Å². The van der Waals surface area contributed by atoms with Crippen LogP contribution in [0.4, 0.5) is 10.5 Å². The van der Waals surface area contributed by atoms with E-state index in [1.807, 2.05) is 24.3 Å². The van der Waals surface area contributed by atoms with Crippen molar-refractivity contribution in [2.75, 3.05) is 11.9 Å². The number of aliphatic hydroxyl groups excluding tert-OH is 1. The highest BCUT2D eigenvalue weighted by atomic mass is 16.2. The summed E-state index contributed by atoms with van der Waals surface area (Å²) in [5.74, 6) is 0. The number of hydrogen-bond acceptors (Lipinski definition) is 2. The Bertz CT molecular complexity index is 414. The van der Waals surface area contributed by atoms with Gasteiger partial charge in [-0.1, -0.05) is 25.0 Å². The molecule has 0 aliphatic heterocycles. The molecule has 1 aliphatic carbocycles. The summed E-state index contributed by atoms with van der Waals surface area (Å²) in [6.07, 6.45) is 6.17. The van der Waals surface area contributed by atoms with Crippen LogP contribution < -0.4 is 10.6 Å². The van der Waals surface area contributed by atoms with Gasteiger partial charge in [0.1, 0.15) is 0 Å². The standard InChI is InChI=1S/C15H22N2O2/c18-10-4-6-12-5-3-9-14(11-12)17-15(19)16-13-7-1-2-8-13/h3,5,9,11,13,18H,1-2,4,6-8,10H2,(H2,16,17,19). The molecule has 0 bridgehead atoms. The van der Waals surface area contributed by atoms with E-state index in [0.29, 0.717) is 6.04 Å². The van der Waals surface area contributed by atoms with Gasteiger partial charge in [0, 0.05) is 18.3 Å². The smallest absolute Gasteiger partial charge is 0.319 e. The number of rotatable bonds is 5. The molecule has 0 radical (unpaired) electrons. The molecule has 1 aromatic carbocycles. The van der Waals surface area contributed by atoms with Gasteiger partial charge in [0.05, 0.1) is 0 Å². The topological polar surface area (TPSA) is 61.4 Å². The summed E-state index contributed by atoms with van der Waals surface area (Å²) in [6.45, 7) is 0.194. The third kappa shape index (κ3) is 4.56. The van der Waals surface area contributed by atoms with Gasteiger partial charge in [-0.3, -0.25) is 0 Å². The van der Waals surface area contributed by atoms with E-state index >= 15 is 0 Å². The minimum atomic E-state index is -0.119. The summed E-state index contributed by atoms with van der Waals surface area (Å²) >= 11 is 0. The Morgan fingerprint density at radius 3 is 2.84 bits per heavy atom. The van der Waals surface area contributed by atoms with Gasteiger partial charge < -0.3 is 15.7 Å². The lowest BCUT2D eigenvalue weighted by molar-refractivity contribution is 0.248. The van der Waals surface area contributed by atoms with Crippen LogP contribution in [0.3, 0.4) is 0 Å². The molecule has 0 atom stereocenters. The van der Waals surface area contributed by atoms with E-state index in [-0.39, 0.29) is 12.6 Å². The fourth-order valence-electron chi connectivity index (χ4n) is 2.51. The lowest BCUT2D eigenvalue weighted by Crippen LogP contribution is -2.36. The average Bonchev–Trinajstić information content (AvgIpc) is 2.89. The van der Waals surface area contributed by atoms with E-state index in [1.54, 1.807) is 0 Å². The van der Waals surface area contributed by atoms with Gasteiger partial charge in [-0.05, 0) is 43.4 Å². The maximum atomic E-state index is 11.8. The van der Waals surface area contributed by atoms with Gasteiger partial charge in [0.2, 0.25) is 0 Å². The van der Waals surface area contributed by atoms with Gasteiger partial charge in [0.15, 0.2) is 0 Å². The van der Waals surface area contributed by atoms with Crippen LogP contribution in [0.15, 0.2) is 24.3 Å². The third-order valence-electron chi connectivity index (χ3n) is 3.50. The summed E-state index contributed by atoms with van der Waals surface area (Å²) in [6, 6.07) is 8.00. The van der Waals surface area contributed by atoms with Crippen LogP contribution in [0.5, 0.6) is 0 Å². The SMILES string of the molecule is O=C(Nc1cccc(CCCO)c1)NC1CCCC1. The van der Waals surface area contributed by atoms with Crippen LogP contribution >= 0.6 is 0 Å². The molecule has 104 valence electrons. The van der Waals surface area contributed by atoms with Crippen molar-refractivity contribution in [1.82, 2.24) is 5.32 Å². The first-order valence-corrected chi connectivity index (χ1v) is 7.05. The highest BCUT2D eigenvalue weighted by molar-refractivity contribution is 5.89. The van der Waals surface area contributed by atoms with Gasteiger partial charge in [-0.15, -0.1) is 0 Å². The predicted octanol–water partition coefficient (Wildman–Crippen LogP) is 2.68. The molecule has 2 amide bonds. The average molecular weight is 262 g/mol. The number of urea groups is 1. The molecule has 0 saturated heterocycles. The molecule has 3 N–H and O–H groups in total. The molecule has 1 aromatic rings. The quantitative estimate of drug-likeness (QED) is 0.764. The molecule has 0 heterocycles. The van der Waals surface area contributed by atoms with Crippen LogP contribution in [-0.2, 0) is 6.42 Å². The van der Waals surface area contributed by atoms with Crippen LogP contribution in [0.2, 0.25) is 0 Å². The molecule has 2 rings (SSSR count). The highest BCUT2D eigenvalue weighted by Crippen LogP contribution is 2.18. The molecule has 0 aromatic heterocycles. The summed E-state index contributed by atoms with van der Waals surface area (Å²) < 4.78 is 0. The lowest BCUT2D eigenvalue weighted by atomic mass is 10.1. The second kappa shape index (κ2) is 7.14. The maximum Gasteiger partial charge on any atom is 0.319 e. The van der Waals surface area contributed by atoms with E-state index in [4.69, 9.17) is 5.11 Å². The van der Waals surface area contributed by atoms with Crippen molar-refractivity contribution < 1.29 is 9.90 Å². The van der Waals surface area contributed by atoms with Crippen LogP contribution in [0, 0.1) is 0 Å². The van der Waals surface area contributed by atoms with E-state index < -0.39 is 0 Å². The van der Waals surface area contributed by atoms with Crippen molar-refractivity contribution in [2.45, 2.75) is 44.6 Å². The summed E-state index contributed by atoms with van der Waals surface area (Å²) in [7, 11) is 0. The molecule has 1 aliphatic rings. The van der Waals surface area contributed by atoms with Crippen LogP contribution in [-0.4, -0.2) is 23.8 Å². The van der Waals surface area contributed by atoms with Crippen molar-refractivity contribution in [3.8, 4) is 0 Å².